The van der Waals surface area contributed by atoms with E-state index in [1.165, 1.54) is 5.56 Å². The fourth-order valence-corrected chi connectivity index (χ4v) is 1.43. The largest absolute Gasteiger partial charge is 0.497 e. The van der Waals surface area contributed by atoms with Crippen molar-refractivity contribution in [2.75, 3.05) is 20.3 Å². The highest BCUT2D eigenvalue weighted by atomic mass is 16.5. The average Bonchev–Trinajstić information content (AvgIpc) is 2.30. The van der Waals surface area contributed by atoms with Gasteiger partial charge in [-0.1, -0.05) is 12.1 Å². The van der Waals surface area contributed by atoms with Crippen LogP contribution in [0.15, 0.2) is 24.3 Å². The van der Waals surface area contributed by atoms with E-state index in [0.29, 0.717) is 6.61 Å². The Morgan fingerprint density at radius 2 is 1.87 bits per heavy atom. The molecule has 2 heteroatoms. The van der Waals surface area contributed by atoms with Crippen LogP contribution in [0.4, 0.5) is 0 Å². The summed E-state index contributed by atoms with van der Waals surface area (Å²) in [6.07, 6.45) is 3.36. The lowest BCUT2D eigenvalue weighted by atomic mass is 10.1. The summed E-state index contributed by atoms with van der Waals surface area (Å²) in [5.41, 5.74) is 1.35. The first-order valence-electron chi connectivity index (χ1n) is 5.36. The number of hydrogen-bond donors (Lipinski definition) is 0. The lowest BCUT2D eigenvalue weighted by molar-refractivity contribution is 0.156. The van der Waals surface area contributed by atoms with Gasteiger partial charge in [0.25, 0.3) is 0 Å². The van der Waals surface area contributed by atoms with Crippen LogP contribution in [-0.2, 0) is 11.2 Å². The second-order valence-electron chi connectivity index (χ2n) is 3.42. The molecule has 0 saturated heterocycles. The van der Waals surface area contributed by atoms with Gasteiger partial charge in [-0.05, 0) is 43.9 Å². The van der Waals surface area contributed by atoms with Gasteiger partial charge in [0.2, 0.25) is 0 Å². The number of rotatable bonds is 7. The number of ether oxygens (including phenoxy) is 2. The van der Waals surface area contributed by atoms with E-state index in [2.05, 4.69) is 19.1 Å². The van der Waals surface area contributed by atoms with Gasteiger partial charge in [0.1, 0.15) is 5.75 Å². The molecule has 83 valence electrons. The first-order chi connectivity index (χ1) is 7.36. The minimum atomic E-state index is 0.572. The summed E-state index contributed by atoms with van der Waals surface area (Å²) < 4.78 is 10.3. The van der Waals surface area contributed by atoms with Crippen molar-refractivity contribution in [1.82, 2.24) is 0 Å². The molecule has 2 nitrogen and oxygen atoms in total. The summed E-state index contributed by atoms with van der Waals surface area (Å²) in [5.74, 6) is 0.916. The number of hydrogen-bond acceptors (Lipinski definition) is 2. The van der Waals surface area contributed by atoms with Crippen LogP contribution in [0.2, 0.25) is 0 Å². The van der Waals surface area contributed by atoms with Crippen LogP contribution in [0.5, 0.6) is 5.75 Å². The van der Waals surface area contributed by atoms with Gasteiger partial charge in [-0.3, -0.25) is 0 Å². The molecule has 1 rings (SSSR count). The summed E-state index contributed by atoms with van der Waals surface area (Å²) in [6, 6.07) is 8.23. The van der Waals surface area contributed by atoms with Crippen LogP contribution in [0.25, 0.3) is 0 Å². The van der Waals surface area contributed by atoms with Crippen molar-refractivity contribution >= 4 is 0 Å². The van der Waals surface area contributed by atoms with Crippen LogP contribution < -0.4 is 4.74 Å². The molecule has 1 aromatic carbocycles. The van der Waals surface area contributed by atoms with Gasteiger partial charge in [-0.25, -0.2) is 0 Å². The maximum absolute atomic E-state index is 5.18. The third-order valence-corrected chi connectivity index (χ3v) is 2.31. The highest BCUT2D eigenvalue weighted by Crippen LogP contribution is 2.13. The third kappa shape index (κ3) is 4.84. The van der Waals surface area contributed by atoms with E-state index in [0.717, 1.165) is 31.6 Å². The first kappa shape index (κ1) is 12.1. The van der Waals surface area contributed by atoms with Gasteiger partial charge in [0.15, 0.2) is 0 Å². The standard InChI is InChI=1S/C13H19O2/c1-3-15-11-5-4-6-12-7-9-13(14-2)10-8-12/h7-10H,1,3-6,11H2,2H3. The lowest BCUT2D eigenvalue weighted by Gasteiger charge is -2.03. The lowest BCUT2D eigenvalue weighted by Crippen LogP contribution is -1.95. The summed E-state index contributed by atoms with van der Waals surface area (Å²) in [6.45, 7) is 5.02. The molecule has 0 aromatic heterocycles. The first-order valence-corrected chi connectivity index (χ1v) is 5.36. The van der Waals surface area contributed by atoms with Crippen LogP contribution in [0.3, 0.4) is 0 Å². The normalized spacial score (nSPS) is 10.3. The van der Waals surface area contributed by atoms with Crippen molar-refractivity contribution in [3.05, 3.63) is 36.8 Å². The zero-order valence-electron chi connectivity index (χ0n) is 9.37. The van der Waals surface area contributed by atoms with Gasteiger partial charge < -0.3 is 9.47 Å². The van der Waals surface area contributed by atoms with Crippen LogP contribution >= 0.6 is 0 Å². The Balaban J connectivity index is 2.20. The molecular formula is C13H19O2. The minimum absolute atomic E-state index is 0.572. The molecule has 0 atom stereocenters. The van der Waals surface area contributed by atoms with E-state index < -0.39 is 0 Å². The SMILES string of the molecule is [CH2]COCCCCc1ccc(OC)cc1. The zero-order valence-corrected chi connectivity index (χ0v) is 9.37. The topological polar surface area (TPSA) is 18.5 Å². The van der Waals surface area contributed by atoms with E-state index in [9.17, 15) is 0 Å². The molecule has 0 amide bonds. The molecule has 1 aromatic rings. The summed E-state index contributed by atoms with van der Waals surface area (Å²) in [7, 11) is 1.69. The Kier molecular flexibility index (Phi) is 5.86. The Hall–Kier alpha value is -1.02. The van der Waals surface area contributed by atoms with E-state index in [-0.39, 0.29) is 0 Å². The molecular weight excluding hydrogens is 188 g/mol. The molecule has 0 saturated carbocycles. The minimum Gasteiger partial charge on any atom is -0.497 e. The van der Waals surface area contributed by atoms with E-state index in [4.69, 9.17) is 9.47 Å². The van der Waals surface area contributed by atoms with Gasteiger partial charge in [0, 0.05) is 13.2 Å². The van der Waals surface area contributed by atoms with Crippen molar-refractivity contribution < 1.29 is 9.47 Å². The molecule has 0 bridgehead atoms. The maximum atomic E-state index is 5.18. The highest BCUT2D eigenvalue weighted by molar-refractivity contribution is 5.27. The second kappa shape index (κ2) is 7.30. The van der Waals surface area contributed by atoms with Gasteiger partial charge in [-0.15, -0.1) is 0 Å². The van der Waals surface area contributed by atoms with E-state index >= 15 is 0 Å². The number of aryl methyl sites for hydroxylation is 1. The predicted molar refractivity (Wildman–Crippen MR) is 62.1 cm³/mol. The molecule has 0 fully saturated rings. The highest BCUT2D eigenvalue weighted by Gasteiger charge is 1.94. The van der Waals surface area contributed by atoms with Crippen molar-refractivity contribution in [3.63, 3.8) is 0 Å². The fourth-order valence-electron chi connectivity index (χ4n) is 1.43. The van der Waals surface area contributed by atoms with Gasteiger partial charge in [-0.2, -0.15) is 0 Å². The molecule has 0 N–H and O–H groups in total. The maximum Gasteiger partial charge on any atom is 0.118 e. The molecule has 0 aliphatic heterocycles. The molecule has 15 heavy (non-hydrogen) atoms. The van der Waals surface area contributed by atoms with Gasteiger partial charge in [0.05, 0.1) is 7.11 Å². The number of benzene rings is 1. The Morgan fingerprint density at radius 1 is 1.13 bits per heavy atom. The fraction of sp³-hybridized carbons (Fsp3) is 0.462. The monoisotopic (exact) mass is 207 g/mol. The molecule has 1 radical (unpaired) electrons. The van der Waals surface area contributed by atoms with Crippen LogP contribution in [0, 0.1) is 6.92 Å². The van der Waals surface area contributed by atoms with Crippen molar-refractivity contribution in [2.24, 2.45) is 0 Å². The van der Waals surface area contributed by atoms with E-state index in [1.807, 2.05) is 12.1 Å². The summed E-state index contributed by atoms with van der Waals surface area (Å²) >= 11 is 0. The molecule has 0 spiro atoms. The Bertz CT molecular complexity index is 254. The molecule has 0 aliphatic carbocycles. The molecule has 0 heterocycles. The number of methoxy groups -OCH3 is 1. The Labute approximate surface area is 92.2 Å². The van der Waals surface area contributed by atoms with Gasteiger partial charge >= 0.3 is 0 Å². The van der Waals surface area contributed by atoms with Crippen molar-refractivity contribution in [2.45, 2.75) is 19.3 Å². The summed E-state index contributed by atoms with van der Waals surface area (Å²) in [4.78, 5) is 0. The van der Waals surface area contributed by atoms with Crippen LogP contribution in [-0.4, -0.2) is 20.3 Å². The average molecular weight is 207 g/mol. The smallest absolute Gasteiger partial charge is 0.118 e. The van der Waals surface area contributed by atoms with E-state index in [1.54, 1.807) is 7.11 Å². The molecule has 0 aliphatic rings. The summed E-state index contributed by atoms with van der Waals surface area (Å²) in [5, 5.41) is 0. The van der Waals surface area contributed by atoms with Crippen molar-refractivity contribution in [1.29, 1.82) is 0 Å². The third-order valence-electron chi connectivity index (χ3n) is 2.31. The quantitative estimate of drug-likeness (QED) is 0.640. The van der Waals surface area contributed by atoms with Crippen molar-refractivity contribution in [3.8, 4) is 5.75 Å². The second-order valence-corrected chi connectivity index (χ2v) is 3.42. The van der Waals surface area contributed by atoms with Crippen LogP contribution in [0.1, 0.15) is 18.4 Å². The predicted octanol–water partition coefficient (Wildman–Crippen LogP) is 2.87. The Morgan fingerprint density at radius 3 is 2.47 bits per heavy atom. The zero-order chi connectivity index (χ0) is 10.9. The number of unbranched alkanes of at least 4 members (excludes halogenated alkanes) is 1. The molecule has 0 unspecified atom stereocenters.